The summed E-state index contributed by atoms with van der Waals surface area (Å²) in [5, 5.41) is 28.1. The molecular formula is C28H29N5O3. The molecule has 184 valence electrons. The second-order valence-corrected chi connectivity index (χ2v) is 9.52. The summed E-state index contributed by atoms with van der Waals surface area (Å²) in [6.45, 7) is 8.48. The molecule has 4 aromatic rings. The maximum Gasteiger partial charge on any atom is 0.337 e. The van der Waals surface area contributed by atoms with Gasteiger partial charge < -0.3 is 15.2 Å². The Bertz CT molecular complexity index is 1480. The predicted octanol–water partition coefficient (Wildman–Crippen LogP) is 5.57. The van der Waals surface area contributed by atoms with Gasteiger partial charge in [0.1, 0.15) is 11.8 Å². The molecule has 0 aliphatic carbocycles. The zero-order valence-electron chi connectivity index (χ0n) is 21.0. The molecule has 2 heterocycles. The highest BCUT2D eigenvalue weighted by molar-refractivity contribution is 5.94. The van der Waals surface area contributed by atoms with Crippen LogP contribution in [0.2, 0.25) is 0 Å². The number of rotatable bonds is 8. The number of nitrogens with zero attached hydrogens (tertiary/aromatic N) is 4. The molecule has 0 saturated heterocycles. The number of para-hydroxylation sites is 1. The fourth-order valence-electron chi connectivity index (χ4n) is 4.26. The third-order valence-corrected chi connectivity index (χ3v) is 6.25. The number of carboxylic acids is 1. The van der Waals surface area contributed by atoms with Crippen LogP contribution in [0.25, 0.3) is 22.0 Å². The van der Waals surface area contributed by atoms with Gasteiger partial charge in [-0.3, -0.25) is 4.68 Å². The van der Waals surface area contributed by atoms with Gasteiger partial charge in [0, 0.05) is 41.5 Å². The van der Waals surface area contributed by atoms with Crippen LogP contribution in [0, 0.1) is 18.3 Å². The van der Waals surface area contributed by atoms with Crippen molar-refractivity contribution in [3.8, 4) is 17.2 Å². The molecule has 0 radical (unpaired) electrons. The molecule has 36 heavy (non-hydrogen) atoms. The van der Waals surface area contributed by atoms with E-state index in [1.54, 1.807) is 42.3 Å². The van der Waals surface area contributed by atoms with E-state index in [2.05, 4.69) is 27.5 Å². The Balaban J connectivity index is 1.79. The summed E-state index contributed by atoms with van der Waals surface area (Å²) in [7, 11) is 1.67. The van der Waals surface area contributed by atoms with Gasteiger partial charge >= 0.3 is 5.97 Å². The first-order chi connectivity index (χ1) is 17.1. The number of nitriles is 1. The second kappa shape index (κ2) is 9.80. The van der Waals surface area contributed by atoms with Crippen LogP contribution >= 0.6 is 0 Å². The van der Waals surface area contributed by atoms with Gasteiger partial charge in [-0.05, 0) is 63.1 Å². The number of aryl methyl sites for hydroxylation is 1. The van der Waals surface area contributed by atoms with Crippen LogP contribution in [0.1, 0.15) is 54.0 Å². The minimum Gasteiger partial charge on any atom is -0.478 e. The molecule has 0 aliphatic rings. The molecule has 0 spiro atoms. The number of anilines is 1. The molecule has 0 saturated carbocycles. The van der Waals surface area contributed by atoms with Gasteiger partial charge in [0.15, 0.2) is 0 Å². The van der Waals surface area contributed by atoms with Crippen molar-refractivity contribution in [1.82, 2.24) is 14.8 Å². The van der Waals surface area contributed by atoms with Crippen LogP contribution in [0.3, 0.4) is 0 Å². The molecule has 1 atom stereocenters. The highest BCUT2D eigenvalue weighted by Gasteiger charge is 2.20. The lowest BCUT2D eigenvalue weighted by atomic mass is 9.96. The zero-order chi connectivity index (χ0) is 26.0. The Labute approximate surface area is 210 Å². The van der Waals surface area contributed by atoms with Gasteiger partial charge in [0.05, 0.1) is 29.4 Å². The lowest BCUT2D eigenvalue weighted by Crippen LogP contribution is -2.29. The van der Waals surface area contributed by atoms with Crippen molar-refractivity contribution in [1.29, 1.82) is 5.26 Å². The number of carbonyl (C=O) groups is 1. The van der Waals surface area contributed by atoms with Crippen molar-refractivity contribution in [3.63, 3.8) is 0 Å². The van der Waals surface area contributed by atoms with Gasteiger partial charge in [0.2, 0.25) is 0 Å². The lowest BCUT2D eigenvalue weighted by molar-refractivity contribution is 0.00542. The van der Waals surface area contributed by atoms with Crippen molar-refractivity contribution < 1.29 is 14.6 Å². The number of benzene rings is 2. The lowest BCUT2D eigenvalue weighted by Gasteiger charge is -2.22. The molecule has 2 N–H and O–H groups in total. The summed E-state index contributed by atoms with van der Waals surface area (Å²) in [5.74, 6) is -0.990. The van der Waals surface area contributed by atoms with E-state index in [1.807, 2.05) is 46.0 Å². The number of nitrogens with one attached hydrogen (secondary N) is 1. The summed E-state index contributed by atoms with van der Waals surface area (Å²) in [6, 6.07) is 14.8. The maximum atomic E-state index is 11.7. The third-order valence-electron chi connectivity index (χ3n) is 6.25. The normalized spacial score (nSPS) is 12.3. The van der Waals surface area contributed by atoms with Crippen molar-refractivity contribution in [3.05, 3.63) is 77.2 Å². The van der Waals surface area contributed by atoms with Crippen molar-refractivity contribution in [2.75, 3.05) is 12.4 Å². The van der Waals surface area contributed by atoms with E-state index in [0.29, 0.717) is 29.0 Å². The van der Waals surface area contributed by atoms with Gasteiger partial charge in [-0.25, -0.2) is 9.78 Å². The average Bonchev–Trinajstić information content (AvgIpc) is 3.30. The van der Waals surface area contributed by atoms with Crippen LogP contribution in [-0.2, 0) is 11.3 Å². The number of aromatic carboxylic acids is 1. The number of hydrogen-bond acceptors (Lipinski definition) is 6. The fourth-order valence-corrected chi connectivity index (χ4v) is 4.26. The highest BCUT2D eigenvalue weighted by atomic mass is 16.5. The van der Waals surface area contributed by atoms with E-state index in [9.17, 15) is 15.2 Å². The third kappa shape index (κ3) is 5.07. The van der Waals surface area contributed by atoms with Crippen LogP contribution in [0.15, 0.2) is 54.9 Å². The second-order valence-electron chi connectivity index (χ2n) is 9.52. The van der Waals surface area contributed by atoms with Gasteiger partial charge in [-0.1, -0.05) is 18.2 Å². The van der Waals surface area contributed by atoms with Gasteiger partial charge in [-0.15, -0.1) is 0 Å². The number of fused-ring (bicyclic) bond motifs is 1. The van der Waals surface area contributed by atoms with E-state index in [0.717, 1.165) is 22.1 Å². The Morgan fingerprint density at radius 2 is 2.03 bits per heavy atom. The Hall–Kier alpha value is -4.22. The predicted molar refractivity (Wildman–Crippen MR) is 139 cm³/mol. The highest BCUT2D eigenvalue weighted by Crippen LogP contribution is 2.33. The zero-order valence-corrected chi connectivity index (χ0v) is 21.0. The van der Waals surface area contributed by atoms with Gasteiger partial charge in [-0.2, -0.15) is 10.4 Å². The quantitative estimate of drug-likeness (QED) is 0.337. The summed E-state index contributed by atoms with van der Waals surface area (Å²) < 4.78 is 7.31. The number of pyridine rings is 1. The first kappa shape index (κ1) is 24.9. The van der Waals surface area contributed by atoms with Crippen LogP contribution in [0.5, 0.6) is 0 Å². The molecular weight excluding hydrogens is 454 g/mol. The molecule has 0 bridgehead atoms. The molecule has 0 fully saturated rings. The van der Waals surface area contributed by atoms with E-state index in [-0.39, 0.29) is 17.2 Å². The largest absolute Gasteiger partial charge is 0.478 e. The Kier molecular flexibility index (Phi) is 6.77. The summed E-state index contributed by atoms with van der Waals surface area (Å²) in [5.41, 5.74) is 4.81. The number of carboxylic acid groups (broad SMARTS) is 1. The van der Waals surface area contributed by atoms with E-state index < -0.39 is 5.97 Å². The number of ether oxygens (including phenoxy) is 1. The minimum absolute atomic E-state index is 0.207. The van der Waals surface area contributed by atoms with Crippen LogP contribution in [-0.4, -0.2) is 38.6 Å². The summed E-state index contributed by atoms with van der Waals surface area (Å²) in [4.78, 5) is 16.4. The van der Waals surface area contributed by atoms with E-state index in [1.165, 1.54) is 0 Å². The van der Waals surface area contributed by atoms with E-state index >= 15 is 0 Å². The number of methoxy groups -OCH3 is 1. The molecule has 4 rings (SSSR count). The Morgan fingerprint density at radius 3 is 2.72 bits per heavy atom. The van der Waals surface area contributed by atoms with Crippen molar-refractivity contribution in [2.24, 2.45) is 0 Å². The molecule has 8 nitrogen and oxygen atoms in total. The minimum atomic E-state index is -0.990. The number of aromatic nitrogens is 3. The maximum absolute atomic E-state index is 11.7. The molecule has 8 heteroatoms. The molecule has 1 unspecified atom stereocenters. The van der Waals surface area contributed by atoms with E-state index in [4.69, 9.17) is 4.74 Å². The fraction of sp³-hybridized carbons (Fsp3) is 0.286. The smallest absolute Gasteiger partial charge is 0.337 e. The van der Waals surface area contributed by atoms with Crippen molar-refractivity contribution in [2.45, 2.75) is 45.9 Å². The SMILES string of the molecule is COC(C)(C)Cn1cc(-c2cc3c(C(C)Nc4ccccc4C(=O)O)cc(C)cc3nc2C#N)cn1. The molecule has 0 amide bonds. The molecule has 2 aromatic heterocycles. The Morgan fingerprint density at radius 1 is 1.28 bits per heavy atom. The van der Waals surface area contributed by atoms with Crippen molar-refractivity contribution >= 4 is 22.6 Å². The molecule has 0 aliphatic heterocycles. The monoisotopic (exact) mass is 483 g/mol. The number of hydrogen-bond donors (Lipinski definition) is 2. The summed E-state index contributed by atoms with van der Waals surface area (Å²) in [6.07, 6.45) is 3.62. The summed E-state index contributed by atoms with van der Waals surface area (Å²) >= 11 is 0. The molecule has 2 aromatic carbocycles. The first-order valence-corrected chi connectivity index (χ1v) is 11.6. The van der Waals surface area contributed by atoms with Crippen LogP contribution < -0.4 is 5.32 Å². The van der Waals surface area contributed by atoms with Gasteiger partial charge in [0.25, 0.3) is 0 Å². The van der Waals surface area contributed by atoms with Crippen LogP contribution in [0.4, 0.5) is 5.69 Å². The standard InChI is InChI=1S/C28H29N5O3/c1-17-10-21(18(2)31-24-9-7-6-8-20(24)27(34)35)23-12-22(26(13-29)32-25(23)11-17)19-14-30-33(15-19)16-28(3,4)36-5/h6-12,14-15,18,31H,16H2,1-5H3,(H,34,35). The topological polar surface area (TPSA) is 113 Å². The first-order valence-electron chi connectivity index (χ1n) is 11.6. The average molecular weight is 484 g/mol.